The van der Waals surface area contributed by atoms with Crippen LogP contribution in [-0.2, 0) is 0 Å². The van der Waals surface area contributed by atoms with Crippen molar-refractivity contribution in [1.82, 2.24) is 0 Å². The van der Waals surface area contributed by atoms with Crippen molar-refractivity contribution in [2.75, 3.05) is 6.61 Å². The molecule has 0 bridgehead atoms. The van der Waals surface area contributed by atoms with Gasteiger partial charge in [0.25, 0.3) is 5.69 Å². The summed E-state index contributed by atoms with van der Waals surface area (Å²) in [6.07, 6.45) is 0.633. The van der Waals surface area contributed by atoms with Gasteiger partial charge in [-0.15, -0.1) is 11.8 Å². The van der Waals surface area contributed by atoms with Crippen molar-refractivity contribution in [3.63, 3.8) is 0 Å². The number of thioether (sulfide) groups is 1. The molecule has 0 radical (unpaired) electrons. The van der Waals surface area contributed by atoms with Crippen molar-refractivity contribution in [2.24, 2.45) is 0 Å². The Morgan fingerprint density at radius 2 is 2.31 bits per heavy atom. The van der Waals surface area contributed by atoms with Crippen molar-refractivity contribution < 1.29 is 10.0 Å². The molecule has 1 aromatic carbocycles. The molecule has 0 spiro atoms. The monoisotopic (exact) mass is 353 g/mol. The van der Waals surface area contributed by atoms with E-state index in [9.17, 15) is 10.1 Å². The molecule has 1 rings (SSSR count). The lowest BCUT2D eigenvalue weighted by molar-refractivity contribution is -0.387. The van der Waals surface area contributed by atoms with Gasteiger partial charge in [-0.2, -0.15) is 0 Å². The van der Waals surface area contributed by atoms with Crippen molar-refractivity contribution in [3.05, 3.63) is 31.9 Å². The Morgan fingerprint density at radius 1 is 1.62 bits per heavy atom. The Bertz CT molecular complexity index is 386. The maximum absolute atomic E-state index is 10.9. The molecular weight excluding hydrogens is 341 g/mol. The second kappa shape index (κ2) is 6.41. The van der Waals surface area contributed by atoms with Crippen LogP contribution in [0.3, 0.4) is 0 Å². The van der Waals surface area contributed by atoms with E-state index in [-0.39, 0.29) is 22.5 Å². The molecule has 0 saturated carbocycles. The summed E-state index contributed by atoms with van der Waals surface area (Å²) in [7, 11) is 0. The smallest absolute Gasteiger partial charge is 0.283 e. The van der Waals surface area contributed by atoms with E-state index in [1.807, 2.05) is 13.0 Å². The van der Waals surface area contributed by atoms with Gasteiger partial charge in [0.1, 0.15) is 0 Å². The lowest BCUT2D eigenvalue weighted by atomic mass is 10.3. The third-order valence-electron chi connectivity index (χ3n) is 1.98. The minimum absolute atomic E-state index is 0.104. The van der Waals surface area contributed by atoms with Crippen LogP contribution in [-0.4, -0.2) is 21.9 Å². The second-order valence-corrected chi connectivity index (χ2v) is 6.04. The topological polar surface area (TPSA) is 63.4 Å². The molecular formula is C10H12INO3S. The summed E-state index contributed by atoms with van der Waals surface area (Å²) in [6, 6.07) is 5.18. The normalized spacial score (nSPS) is 12.4. The molecule has 4 nitrogen and oxygen atoms in total. The van der Waals surface area contributed by atoms with Crippen LogP contribution in [0, 0.1) is 13.7 Å². The zero-order valence-corrected chi connectivity index (χ0v) is 11.7. The summed E-state index contributed by atoms with van der Waals surface area (Å²) < 4.78 is 0.850. The van der Waals surface area contributed by atoms with E-state index in [1.54, 1.807) is 12.1 Å². The number of nitro groups is 1. The largest absolute Gasteiger partial charge is 0.396 e. The van der Waals surface area contributed by atoms with Gasteiger partial charge in [0, 0.05) is 21.5 Å². The maximum atomic E-state index is 10.9. The van der Waals surface area contributed by atoms with Gasteiger partial charge in [-0.05, 0) is 41.1 Å². The lowest BCUT2D eigenvalue weighted by Crippen LogP contribution is -2.00. The van der Waals surface area contributed by atoms with Crippen LogP contribution in [0.15, 0.2) is 23.1 Å². The van der Waals surface area contributed by atoms with Crippen LogP contribution < -0.4 is 0 Å². The van der Waals surface area contributed by atoms with Crippen LogP contribution in [0.25, 0.3) is 0 Å². The summed E-state index contributed by atoms with van der Waals surface area (Å²) in [5.41, 5.74) is 0.140. The van der Waals surface area contributed by atoms with E-state index in [0.29, 0.717) is 11.3 Å². The van der Waals surface area contributed by atoms with Crippen molar-refractivity contribution in [2.45, 2.75) is 23.5 Å². The molecule has 0 aliphatic rings. The molecule has 88 valence electrons. The van der Waals surface area contributed by atoms with Crippen LogP contribution in [0.2, 0.25) is 0 Å². The van der Waals surface area contributed by atoms with Gasteiger partial charge < -0.3 is 5.11 Å². The number of aliphatic hydroxyl groups is 1. The van der Waals surface area contributed by atoms with E-state index in [4.69, 9.17) is 5.11 Å². The molecule has 0 aliphatic heterocycles. The molecule has 0 saturated heterocycles. The number of nitrogens with zero attached hydrogens (tertiary/aromatic N) is 1. The van der Waals surface area contributed by atoms with Crippen molar-refractivity contribution in [1.29, 1.82) is 0 Å². The predicted molar refractivity (Wildman–Crippen MR) is 72.8 cm³/mol. The average molecular weight is 353 g/mol. The molecule has 0 aliphatic carbocycles. The first-order valence-corrected chi connectivity index (χ1v) is 6.72. The highest BCUT2D eigenvalue weighted by atomic mass is 127. The maximum Gasteiger partial charge on any atom is 0.283 e. The summed E-state index contributed by atoms with van der Waals surface area (Å²) in [5, 5.41) is 19.8. The van der Waals surface area contributed by atoms with Gasteiger partial charge in [-0.3, -0.25) is 10.1 Å². The molecule has 1 unspecified atom stereocenters. The standard InChI is InChI=1S/C10H12INO3S/c1-7(4-5-13)16-10-3-2-8(11)6-9(10)12(14)15/h2-3,6-7,13H,4-5H2,1H3. The molecule has 16 heavy (non-hydrogen) atoms. The second-order valence-electron chi connectivity index (χ2n) is 3.31. The Labute approximate surface area is 112 Å². The zero-order chi connectivity index (χ0) is 12.1. The van der Waals surface area contributed by atoms with Crippen LogP contribution in [0.4, 0.5) is 5.69 Å². The van der Waals surface area contributed by atoms with Gasteiger partial charge >= 0.3 is 0 Å². The number of rotatable bonds is 5. The predicted octanol–water partition coefficient (Wildman–Crippen LogP) is 3.06. The van der Waals surface area contributed by atoms with Gasteiger partial charge in [0.05, 0.1) is 9.82 Å². The van der Waals surface area contributed by atoms with E-state index >= 15 is 0 Å². The van der Waals surface area contributed by atoms with Crippen molar-refractivity contribution in [3.8, 4) is 0 Å². The zero-order valence-electron chi connectivity index (χ0n) is 8.72. The minimum atomic E-state index is -0.365. The average Bonchev–Trinajstić information content (AvgIpc) is 2.20. The lowest BCUT2D eigenvalue weighted by Gasteiger charge is -2.09. The highest BCUT2D eigenvalue weighted by molar-refractivity contribution is 14.1. The van der Waals surface area contributed by atoms with E-state index < -0.39 is 0 Å². The molecule has 1 atom stereocenters. The van der Waals surface area contributed by atoms with E-state index in [2.05, 4.69) is 22.6 Å². The molecule has 0 fully saturated rings. The Kier molecular flexibility index (Phi) is 5.50. The number of hydrogen-bond donors (Lipinski definition) is 1. The fourth-order valence-electron chi connectivity index (χ4n) is 1.19. The van der Waals surface area contributed by atoms with Crippen LogP contribution in [0.5, 0.6) is 0 Å². The highest BCUT2D eigenvalue weighted by Gasteiger charge is 2.16. The summed E-state index contributed by atoms with van der Waals surface area (Å²) in [5.74, 6) is 0. The number of benzene rings is 1. The Balaban J connectivity index is 2.90. The van der Waals surface area contributed by atoms with Crippen LogP contribution in [0.1, 0.15) is 13.3 Å². The third kappa shape index (κ3) is 3.91. The number of halogens is 1. The summed E-state index contributed by atoms with van der Waals surface area (Å²) >= 11 is 3.48. The summed E-state index contributed by atoms with van der Waals surface area (Å²) in [4.78, 5) is 11.1. The highest BCUT2D eigenvalue weighted by Crippen LogP contribution is 2.33. The first-order valence-electron chi connectivity index (χ1n) is 4.76. The molecule has 1 aromatic rings. The fourth-order valence-corrected chi connectivity index (χ4v) is 2.72. The SMILES string of the molecule is CC(CCO)Sc1ccc(I)cc1[N+](=O)[O-]. The van der Waals surface area contributed by atoms with Crippen LogP contribution >= 0.6 is 34.4 Å². The first kappa shape index (κ1) is 13.7. The van der Waals surface area contributed by atoms with Crippen molar-refractivity contribution >= 4 is 40.0 Å². The summed E-state index contributed by atoms with van der Waals surface area (Å²) in [6.45, 7) is 2.05. The molecule has 0 aromatic heterocycles. The van der Waals surface area contributed by atoms with Gasteiger partial charge in [-0.25, -0.2) is 0 Å². The molecule has 0 heterocycles. The molecule has 1 N–H and O–H groups in total. The molecule has 0 amide bonds. The van der Waals surface area contributed by atoms with E-state index in [0.717, 1.165) is 3.57 Å². The minimum Gasteiger partial charge on any atom is -0.396 e. The van der Waals surface area contributed by atoms with E-state index in [1.165, 1.54) is 11.8 Å². The van der Waals surface area contributed by atoms with Gasteiger partial charge in [-0.1, -0.05) is 6.92 Å². The first-order chi connectivity index (χ1) is 7.54. The number of aliphatic hydroxyl groups excluding tert-OH is 1. The Morgan fingerprint density at radius 3 is 2.88 bits per heavy atom. The molecule has 6 heteroatoms. The quantitative estimate of drug-likeness (QED) is 0.383. The number of hydrogen-bond acceptors (Lipinski definition) is 4. The Hall–Kier alpha value is -0.340. The third-order valence-corrected chi connectivity index (χ3v) is 3.89. The number of nitro benzene ring substituents is 1. The van der Waals surface area contributed by atoms with Gasteiger partial charge in [0.15, 0.2) is 0 Å². The fraction of sp³-hybridized carbons (Fsp3) is 0.400. The van der Waals surface area contributed by atoms with Gasteiger partial charge in [0.2, 0.25) is 0 Å².